The standard InChI is InChI=1S/C17H13N3O2/c1-20-9-13(11-4-2-3-5-15(11)20)16-12-7-6-10(17(21)22)8-14(12)18-19-16/h2-9H,1H3,(H,18,19)(H,21,22). The fourth-order valence-electron chi connectivity index (χ4n) is 2.89. The van der Waals surface area contributed by atoms with Crippen molar-refractivity contribution in [2.24, 2.45) is 7.05 Å². The molecular formula is C17H13N3O2. The van der Waals surface area contributed by atoms with Gasteiger partial charge in [-0.1, -0.05) is 18.2 Å². The van der Waals surface area contributed by atoms with Gasteiger partial charge >= 0.3 is 5.97 Å². The Kier molecular flexibility index (Phi) is 2.56. The maximum Gasteiger partial charge on any atom is 0.335 e. The molecule has 0 radical (unpaired) electrons. The minimum absolute atomic E-state index is 0.251. The zero-order valence-electron chi connectivity index (χ0n) is 11.9. The van der Waals surface area contributed by atoms with E-state index in [1.165, 1.54) is 0 Å². The Morgan fingerprint density at radius 2 is 2.00 bits per heavy atom. The molecule has 0 saturated heterocycles. The lowest BCUT2D eigenvalue weighted by Crippen LogP contribution is -1.94. The number of carboxylic acids is 1. The number of aryl methyl sites for hydroxylation is 1. The van der Waals surface area contributed by atoms with Gasteiger partial charge in [-0.25, -0.2) is 4.79 Å². The summed E-state index contributed by atoms with van der Waals surface area (Å²) in [5, 5.41) is 18.5. The van der Waals surface area contributed by atoms with E-state index in [1.54, 1.807) is 18.2 Å². The van der Waals surface area contributed by atoms with Crippen molar-refractivity contribution >= 4 is 27.8 Å². The smallest absolute Gasteiger partial charge is 0.335 e. The number of hydrogen-bond acceptors (Lipinski definition) is 2. The highest BCUT2D eigenvalue weighted by molar-refractivity contribution is 6.04. The number of nitrogens with zero attached hydrogens (tertiary/aromatic N) is 2. The van der Waals surface area contributed by atoms with Crippen LogP contribution >= 0.6 is 0 Å². The minimum Gasteiger partial charge on any atom is -0.478 e. The molecule has 4 rings (SSSR count). The summed E-state index contributed by atoms with van der Waals surface area (Å²) in [5.41, 5.74) is 3.98. The summed E-state index contributed by atoms with van der Waals surface area (Å²) in [5.74, 6) is -0.941. The first-order chi connectivity index (χ1) is 10.6. The second-order valence-corrected chi connectivity index (χ2v) is 5.31. The lowest BCUT2D eigenvalue weighted by Gasteiger charge is -1.97. The maximum absolute atomic E-state index is 11.1. The van der Waals surface area contributed by atoms with Crippen LogP contribution < -0.4 is 0 Å². The Balaban J connectivity index is 1.99. The first-order valence-electron chi connectivity index (χ1n) is 6.91. The van der Waals surface area contributed by atoms with Crippen molar-refractivity contribution < 1.29 is 9.90 Å². The van der Waals surface area contributed by atoms with Crippen LogP contribution in [0.1, 0.15) is 10.4 Å². The van der Waals surface area contributed by atoms with Crippen LogP contribution in [0.2, 0.25) is 0 Å². The molecule has 0 unspecified atom stereocenters. The van der Waals surface area contributed by atoms with Crippen LogP contribution in [0, 0.1) is 0 Å². The molecule has 0 bridgehead atoms. The van der Waals surface area contributed by atoms with Crippen molar-refractivity contribution in [3.63, 3.8) is 0 Å². The summed E-state index contributed by atoms with van der Waals surface area (Å²) in [6.07, 6.45) is 2.05. The van der Waals surface area contributed by atoms with E-state index >= 15 is 0 Å². The van der Waals surface area contributed by atoms with Crippen molar-refractivity contribution in [3.8, 4) is 11.3 Å². The van der Waals surface area contributed by atoms with Gasteiger partial charge in [-0.15, -0.1) is 0 Å². The SMILES string of the molecule is Cn1cc(-c2n[nH]c3cc(C(=O)O)ccc23)c2ccccc21. The van der Waals surface area contributed by atoms with Gasteiger partial charge in [0.15, 0.2) is 0 Å². The van der Waals surface area contributed by atoms with Crippen LogP contribution in [0.25, 0.3) is 33.1 Å². The lowest BCUT2D eigenvalue weighted by atomic mass is 10.1. The Hall–Kier alpha value is -3.08. The molecule has 0 aliphatic rings. The number of para-hydroxylation sites is 1. The fraction of sp³-hybridized carbons (Fsp3) is 0.0588. The van der Waals surface area contributed by atoms with E-state index in [2.05, 4.69) is 26.9 Å². The molecule has 5 heteroatoms. The van der Waals surface area contributed by atoms with Gasteiger partial charge in [0.1, 0.15) is 5.69 Å². The molecule has 0 aliphatic carbocycles. The third-order valence-corrected chi connectivity index (χ3v) is 3.96. The molecule has 0 spiro atoms. The average molecular weight is 291 g/mol. The van der Waals surface area contributed by atoms with E-state index in [-0.39, 0.29) is 5.56 Å². The van der Waals surface area contributed by atoms with Crippen molar-refractivity contribution in [1.29, 1.82) is 0 Å². The first kappa shape index (κ1) is 12.6. The van der Waals surface area contributed by atoms with Gasteiger partial charge in [0.2, 0.25) is 0 Å². The molecule has 4 aromatic rings. The third kappa shape index (κ3) is 1.72. The Labute approximate surface area is 125 Å². The van der Waals surface area contributed by atoms with Gasteiger partial charge in [-0.2, -0.15) is 5.10 Å². The summed E-state index contributed by atoms with van der Waals surface area (Å²) in [7, 11) is 2.00. The maximum atomic E-state index is 11.1. The van der Waals surface area contributed by atoms with Gasteiger partial charge in [0.25, 0.3) is 0 Å². The van der Waals surface area contributed by atoms with Crippen LogP contribution in [-0.4, -0.2) is 25.8 Å². The molecular weight excluding hydrogens is 278 g/mol. The summed E-state index contributed by atoms with van der Waals surface area (Å²) in [6.45, 7) is 0. The molecule has 0 aliphatic heterocycles. The topological polar surface area (TPSA) is 70.9 Å². The van der Waals surface area contributed by atoms with Crippen LogP contribution in [0.5, 0.6) is 0 Å². The molecule has 108 valence electrons. The number of benzene rings is 2. The molecule has 2 N–H and O–H groups in total. The summed E-state index contributed by atoms with van der Waals surface area (Å²) >= 11 is 0. The van der Waals surface area contributed by atoms with E-state index in [4.69, 9.17) is 5.11 Å². The Morgan fingerprint density at radius 1 is 1.18 bits per heavy atom. The predicted molar refractivity (Wildman–Crippen MR) is 85.0 cm³/mol. The van der Waals surface area contributed by atoms with Gasteiger partial charge in [0, 0.05) is 35.1 Å². The number of aromatic carboxylic acids is 1. The zero-order chi connectivity index (χ0) is 15.3. The Bertz CT molecular complexity index is 1030. The Morgan fingerprint density at radius 3 is 2.82 bits per heavy atom. The van der Waals surface area contributed by atoms with E-state index < -0.39 is 5.97 Å². The average Bonchev–Trinajstić information content (AvgIpc) is 3.08. The molecule has 5 nitrogen and oxygen atoms in total. The number of carboxylic acid groups (broad SMARTS) is 1. The van der Waals surface area contributed by atoms with Crippen LogP contribution in [0.3, 0.4) is 0 Å². The number of aromatic nitrogens is 3. The molecule has 0 atom stereocenters. The van der Waals surface area contributed by atoms with Crippen LogP contribution in [0.4, 0.5) is 0 Å². The minimum atomic E-state index is -0.941. The van der Waals surface area contributed by atoms with Crippen molar-refractivity contribution in [3.05, 3.63) is 54.2 Å². The van der Waals surface area contributed by atoms with E-state index in [0.717, 1.165) is 33.1 Å². The highest BCUT2D eigenvalue weighted by Crippen LogP contribution is 2.33. The molecule has 2 aromatic carbocycles. The predicted octanol–water partition coefficient (Wildman–Crippen LogP) is 3.42. The number of nitrogens with one attached hydrogen (secondary N) is 1. The number of carbonyl (C=O) groups is 1. The molecule has 2 heterocycles. The van der Waals surface area contributed by atoms with Crippen LogP contribution in [0.15, 0.2) is 48.7 Å². The lowest BCUT2D eigenvalue weighted by molar-refractivity contribution is 0.0697. The third-order valence-electron chi connectivity index (χ3n) is 3.96. The highest BCUT2D eigenvalue weighted by atomic mass is 16.4. The van der Waals surface area contributed by atoms with Crippen molar-refractivity contribution in [2.75, 3.05) is 0 Å². The fourth-order valence-corrected chi connectivity index (χ4v) is 2.89. The second-order valence-electron chi connectivity index (χ2n) is 5.31. The second kappa shape index (κ2) is 4.46. The van der Waals surface area contributed by atoms with Gasteiger partial charge in [-0.05, 0) is 24.3 Å². The number of H-pyrrole nitrogens is 1. The number of fused-ring (bicyclic) bond motifs is 2. The normalized spacial score (nSPS) is 11.3. The number of aromatic amines is 1. The van der Waals surface area contributed by atoms with Crippen LogP contribution in [-0.2, 0) is 7.05 Å². The van der Waals surface area contributed by atoms with Gasteiger partial charge in [0.05, 0.1) is 11.1 Å². The molecule has 2 aromatic heterocycles. The zero-order valence-corrected chi connectivity index (χ0v) is 11.9. The molecule has 0 saturated carbocycles. The molecule has 0 fully saturated rings. The van der Waals surface area contributed by atoms with E-state index in [0.29, 0.717) is 0 Å². The quantitative estimate of drug-likeness (QED) is 0.594. The summed E-state index contributed by atoms with van der Waals surface area (Å²) < 4.78 is 2.07. The number of hydrogen-bond donors (Lipinski definition) is 2. The first-order valence-corrected chi connectivity index (χ1v) is 6.91. The summed E-state index contributed by atoms with van der Waals surface area (Å²) in [4.78, 5) is 11.1. The molecule has 22 heavy (non-hydrogen) atoms. The van der Waals surface area contributed by atoms with Crippen molar-refractivity contribution in [1.82, 2.24) is 14.8 Å². The largest absolute Gasteiger partial charge is 0.478 e. The van der Waals surface area contributed by atoms with Gasteiger partial charge < -0.3 is 9.67 Å². The van der Waals surface area contributed by atoms with Gasteiger partial charge in [-0.3, -0.25) is 5.10 Å². The monoisotopic (exact) mass is 291 g/mol. The van der Waals surface area contributed by atoms with E-state index in [9.17, 15) is 4.79 Å². The summed E-state index contributed by atoms with van der Waals surface area (Å²) in [6, 6.07) is 13.2. The molecule has 0 amide bonds. The van der Waals surface area contributed by atoms with Crippen molar-refractivity contribution in [2.45, 2.75) is 0 Å². The highest BCUT2D eigenvalue weighted by Gasteiger charge is 2.15. The van der Waals surface area contributed by atoms with E-state index in [1.807, 2.05) is 25.4 Å². The number of rotatable bonds is 2.